The molecule has 0 aliphatic rings. The summed E-state index contributed by atoms with van der Waals surface area (Å²) in [5.41, 5.74) is 0.435. The summed E-state index contributed by atoms with van der Waals surface area (Å²) in [6, 6.07) is 8.42. The van der Waals surface area contributed by atoms with E-state index in [1.165, 1.54) is 24.9 Å². The van der Waals surface area contributed by atoms with Crippen molar-refractivity contribution < 1.29 is 9.47 Å². The molecule has 5 nitrogen and oxygen atoms in total. The molecule has 1 aromatic carbocycles. The molecule has 0 unspecified atom stereocenters. The average molecular weight is 308 g/mol. The lowest BCUT2D eigenvalue weighted by atomic mass is 10.2. The van der Waals surface area contributed by atoms with E-state index in [1.54, 1.807) is 18.2 Å². The number of hydrogen-bond donors (Lipinski definition) is 0. The minimum Gasteiger partial charge on any atom is -0.497 e. The van der Waals surface area contributed by atoms with Gasteiger partial charge in [-0.05, 0) is 18.4 Å². The highest BCUT2D eigenvalue weighted by atomic mass is 35.5. The molecule has 2 aromatic rings. The standard InChI is InChI=1S/C13H10ClN3O2S/c1-18-9-3-8(7-15)4-10(5-9)19-12-6-11(14)16-13(17-12)20-2/h3-6H,1-2H3. The second kappa shape index (κ2) is 6.46. The third kappa shape index (κ3) is 3.53. The quantitative estimate of drug-likeness (QED) is 0.489. The van der Waals surface area contributed by atoms with Gasteiger partial charge in [-0.2, -0.15) is 10.2 Å². The summed E-state index contributed by atoms with van der Waals surface area (Å²) in [6.45, 7) is 0. The van der Waals surface area contributed by atoms with Gasteiger partial charge < -0.3 is 9.47 Å². The minimum atomic E-state index is 0.294. The zero-order valence-corrected chi connectivity index (χ0v) is 12.3. The van der Waals surface area contributed by atoms with Crippen molar-refractivity contribution in [2.75, 3.05) is 13.4 Å². The Hall–Kier alpha value is -1.97. The molecule has 0 fully saturated rings. The van der Waals surface area contributed by atoms with E-state index in [9.17, 15) is 0 Å². The first-order valence-corrected chi connectivity index (χ1v) is 7.10. The third-order valence-corrected chi connectivity index (χ3v) is 3.04. The summed E-state index contributed by atoms with van der Waals surface area (Å²) in [7, 11) is 1.52. The van der Waals surface area contributed by atoms with Crippen LogP contribution in [-0.2, 0) is 0 Å². The van der Waals surface area contributed by atoms with Gasteiger partial charge in [0.1, 0.15) is 16.7 Å². The van der Waals surface area contributed by atoms with Gasteiger partial charge in [-0.3, -0.25) is 0 Å². The molecule has 1 aromatic heterocycles. The van der Waals surface area contributed by atoms with Gasteiger partial charge in [0, 0.05) is 12.1 Å². The van der Waals surface area contributed by atoms with E-state index in [-0.39, 0.29) is 0 Å². The van der Waals surface area contributed by atoms with Crippen molar-refractivity contribution in [3.63, 3.8) is 0 Å². The monoisotopic (exact) mass is 307 g/mol. The van der Waals surface area contributed by atoms with Gasteiger partial charge in [0.25, 0.3) is 0 Å². The number of nitrogens with zero attached hydrogens (tertiary/aromatic N) is 3. The summed E-state index contributed by atoms with van der Waals surface area (Å²) in [5, 5.41) is 9.77. The SMILES string of the molecule is COc1cc(C#N)cc(Oc2cc(Cl)nc(SC)n2)c1. The van der Waals surface area contributed by atoms with Crippen molar-refractivity contribution in [1.29, 1.82) is 5.26 Å². The average Bonchev–Trinajstić information content (AvgIpc) is 2.46. The number of hydrogen-bond acceptors (Lipinski definition) is 6. The predicted molar refractivity (Wildman–Crippen MR) is 76.6 cm³/mol. The molecule has 102 valence electrons. The molecule has 1 heterocycles. The van der Waals surface area contributed by atoms with Gasteiger partial charge in [-0.25, -0.2) is 4.98 Å². The summed E-state index contributed by atoms with van der Waals surface area (Å²) in [5.74, 6) is 1.29. The van der Waals surface area contributed by atoms with E-state index in [2.05, 4.69) is 9.97 Å². The van der Waals surface area contributed by atoms with Crippen molar-refractivity contribution in [3.05, 3.63) is 35.0 Å². The summed E-state index contributed by atoms with van der Waals surface area (Å²) in [4.78, 5) is 8.20. The number of aromatic nitrogens is 2. The van der Waals surface area contributed by atoms with Gasteiger partial charge in [-0.15, -0.1) is 0 Å². The fourth-order valence-electron chi connectivity index (χ4n) is 1.45. The molecule has 0 radical (unpaired) electrons. The van der Waals surface area contributed by atoms with Crippen molar-refractivity contribution in [2.24, 2.45) is 0 Å². The molecule has 2 rings (SSSR count). The Balaban J connectivity index is 2.34. The molecule has 0 aliphatic carbocycles. The molecule has 0 amide bonds. The lowest BCUT2D eigenvalue weighted by Gasteiger charge is -2.08. The third-order valence-electron chi connectivity index (χ3n) is 2.30. The van der Waals surface area contributed by atoms with Crippen LogP contribution in [0.5, 0.6) is 17.4 Å². The number of nitriles is 1. The Kier molecular flexibility index (Phi) is 4.66. The topological polar surface area (TPSA) is 68.0 Å². The minimum absolute atomic E-state index is 0.294. The molecule has 0 aliphatic heterocycles. The highest BCUT2D eigenvalue weighted by molar-refractivity contribution is 7.98. The Morgan fingerprint density at radius 1 is 1.20 bits per heavy atom. The Morgan fingerprint density at radius 3 is 2.60 bits per heavy atom. The van der Waals surface area contributed by atoms with Gasteiger partial charge in [0.2, 0.25) is 5.88 Å². The number of benzene rings is 1. The highest BCUT2D eigenvalue weighted by Crippen LogP contribution is 2.28. The van der Waals surface area contributed by atoms with Gasteiger partial charge in [-0.1, -0.05) is 23.4 Å². The van der Waals surface area contributed by atoms with Crippen molar-refractivity contribution in [3.8, 4) is 23.4 Å². The molecule has 0 atom stereocenters. The Bertz CT molecular complexity index is 673. The predicted octanol–water partition coefficient (Wildman–Crippen LogP) is 3.52. The number of ether oxygens (including phenoxy) is 2. The highest BCUT2D eigenvalue weighted by Gasteiger charge is 2.07. The van der Waals surface area contributed by atoms with Crippen LogP contribution < -0.4 is 9.47 Å². The second-order valence-electron chi connectivity index (χ2n) is 3.63. The maximum Gasteiger partial charge on any atom is 0.224 e. The van der Waals surface area contributed by atoms with Crippen molar-refractivity contribution >= 4 is 23.4 Å². The molecular weight excluding hydrogens is 298 g/mol. The van der Waals surface area contributed by atoms with E-state index in [1.807, 2.05) is 12.3 Å². The van der Waals surface area contributed by atoms with Crippen LogP contribution >= 0.6 is 23.4 Å². The molecule has 0 spiro atoms. The van der Waals surface area contributed by atoms with Crippen LogP contribution in [0.4, 0.5) is 0 Å². The molecule has 20 heavy (non-hydrogen) atoms. The van der Waals surface area contributed by atoms with Crippen LogP contribution in [-0.4, -0.2) is 23.3 Å². The molecule has 0 N–H and O–H groups in total. The summed E-state index contributed by atoms with van der Waals surface area (Å²) in [6.07, 6.45) is 1.84. The number of thioether (sulfide) groups is 1. The number of halogens is 1. The lowest BCUT2D eigenvalue weighted by Crippen LogP contribution is -1.94. The van der Waals surface area contributed by atoms with Crippen LogP contribution in [0.2, 0.25) is 5.15 Å². The first-order valence-electron chi connectivity index (χ1n) is 5.50. The first-order chi connectivity index (χ1) is 9.64. The van der Waals surface area contributed by atoms with Crippen LogP contribution in [0.25, 0.3) is 0 Å². The fraction of sp³-hybridized carbons (Fsp3) is 0.154. The molecule has 0 saturated carbocycles. The molecule has 0 saturated heterocycles. The maximum atomic E-state index is 8.96. The maximum absolute atomic E-state index is 8.96. The largest absolute Gasteiger partial charge is 0.497 e. The summed E-state index contributed by atoms with van der Waals surface area (Å²) < 4.78 is 10.7. The zero-order chi connectivity index (χ0) is 14.5. The van der Waals surface area contributed by atoms with Crippen molar-refractivity contribution in [2.45, 2.75) is 5.16 Å². The zero-order valence-electron chi connectivity index (χ0n) is 10.8. The number of methoxy groups -OCH3 is 1. The molecule has 7 heteroatoms. The van der Waals surface area contributed by atoms with Crippen LogP contribution in [0, 0.1) is 11.3 Å². The van der Waals surface area contributed by atoms with Crippen LogP contribution in [0.15, 0.2) is 29.4 Å². The van der Waals surface area contributed by atoms with Crippen molar-refractivity contribution in [1.82, 2.24) is 9.97 Å². The number of rotatable bonds is 4. The second-order valence-corrected chi connectivity index (χ2v) is 4.79. The fourth-order valence-corrected chi connectivity index (χ4v) is 2.05. The van der Waals surface area contributed by atoms with Crippen LogP contribution in [0.1, 0.15) is 5.56 Å². The molecule has 0 bridgehead atoms. The van der Waals surface area contributed by atoms with Gasteiger partial charge >= 0.3 is 0 Å². The van der Waals surface area contributed by atoms with E-state index >= 15 is 0 Å². The summed E-state index contributed by atoms with van der Waals surface area (Å²) >= 11 is 7.25. The molecular formula is C13H10ClN3O2S. The Morgan fingerprint density at radius 2 is 1.95 bits per heavy atom. The van der Waals surface area contributed by atoms with Crippen LogP contribution in [0.3, 0.4) is 0 Å². The lowest BCUT2D eigenvalue weighted by molar-refractivity contribution is 0.406. The van der Waals surface area contributed by atoms with E-state index in [4.69, 9.17) is 26.3 Å². The van der Waals surface area contributed by atoms with E-state index < -0.39 is 0 Å². The first kappa shape index (κ1) is 14.4. The van der Waals surface area contributed by atoms with E-state index in [0.29, 0.717) is 33.3 Å². The normalized spacial score (nSPS) is 9.90. The van der Waals surface area contributed by atoms with E-state index in [0.717, 1.165) is 0 Å². The van der Waals surface area contributed by atoms with Gasteiger partial charge in [0.15, 0.2) is 5.16 Å². The Labute approximate surface area is 125 Å². The smallest absolute Gasteiger partial charge is 0.224 e. The van der Waals surface area contributed by atoms with Gasteiger partial charge in [0.05, 0.1) is 18.7 Å².